The first-order valence-electron chi connectivity index (χ1n) is 10.3. The molecule has 0 fully saturated rings. The van der Waals surface area contributed by atoms with Crippen molar-refractivity contribution in [1.82, 2.24) is 4.90 Å². The maximum absolute atomic E-state index is 6.32. The Hall–Kier alpha value is 0.660. The summed E-state index contributed by atoms with van der Waals surface area (Å²) >= 11 is 0. The number of hydrogen-bond donors (Lipinski definition) is 0. The molecule has 0 aromatic carbocycles. The summed E-state index contributed by atoms with van der Waals surface area (Å²) in [6.07, 6.45) is 4.89. The molecule has 2 unspecified atom stereocenters. The molecule has 0 radical (unpaired) electrons. The van der Waals surface area contributed by atoms with Crippen LogP contribution in [0, 0.1) is 0 Å². The van der Waals surface area contributed by atoms with E-state index in [9.17, 15) is 0 Å². The molecule has 0 rings (SSSR count). The molecule has 0 aliphatic carbocycles. The van der Waals surface area contributed by atoms with Crippen molar-refractivity contribution in [3.63, 3.8) is 0 Å². The molecule has 2 atom stereocenters. The molecule has 0 aliphatic rings. The number of nitrogens with zero attached hydrogens (tertiary/aromatic N) is 1. The highest BCUT2D eigenvalue weighted by Gasteiger charge is 2.51. The molecule has 5 nitrogen and oxygen atoms in total. The van der Waals surface area contributed by atoms with Gasteiger partial charge in [-0.1, -0.05) is 20.8 Å². The van der Waals surface area contributed by atoms with Gasteiger partial charge in [-0.05, 0) is 46.4 Å². The largest absolute Gasteiger partial charge is 0.337 e. The molecule has 0 bridgehead atoms. The molecule has 0 saturated heterocycles. The summed E-state index contributed by atoms with van der Waals surface area (Å²) in [6, 6.07) is 0. The Kier molecular flexibility index (Phi) is 16.0. The molecular weight excluding hydrogens is 368 g/mol. The Bertz CT molecular complexity index is 295. The van der Waals surface area contributed by atoms with Crippen LogP contribution < -0.4 is 0 Å². The summed E-state index contributed by atoms with van der Waals surface area (Å²) in [5.41, 5.74) is 0. The molecule has 0 aliphatic heterocycles. The maximum atomic E-state index is 6.32. The second kappa shape index (κ2) is 15.6. The van der Waals surface area contributed by atoms with E-state index in [1.165, 1.54) is 0 Å². The lowest BCUT2D eigenvalue weighted by Crippen LogP contribution is -2.67. The molecule has 0 aromatic heterocycles. The summed E-state index contributed by atoms with van der Waals surface area (Å²) in [5, 5.41) is 0. The first-order valence-corrected chi connectivity index (χ1v) is 13.1. The molecule has 0 N–H and O–H groups in total. The summed E-state index contributed by atoms with van der Waals surface area (Å²) in [6.45, 7) is 17.9. The summed E-state index contributed by atoms with van der Waals surface area (Å²) in [4.78, 5) is 2.24. The molecule has 0 heterocycles. The van der Waals surface area contributed by atoms with Crippen LogP contribution in [0.25, 0.3) is 0 Å². The number of ether oxygens (including phenoxy) is 4. The first-order chi connectivity index (χ1) is 12.6. The molecule has 158 valence electrons. The third-order valence-corrected chi connectivity index (χ3v) is 6.34. The zero-order valence-corrected chi connectivity index (χ0v) is 20.2. The van der Waals surface area contributed by atoms with Crippen molar-refractivity contribution in [2.45, 2.75) is 66.7 Å². The molecule has 7 heteroatoms. The van der Waals surface area contributed by atoms with Crippen molar-refractivity contribution in [1.29, 1.82) is 0 Å². The predicted molar refractivity (Wildman–Crippen MR) is 116 cm³/mol. The van der Waals surface area contributed by atoms with E-state index < -0.39 is 11.8 Å². The van der Waals surface area contributed by atoms with E-state index in [1.807, 2.05) is 27.7 Å². The van der Waals surface area contributed by atoms with Gasteiger partial charge in [-0.3, -0.25) is 0 Å². The number of hydrogen-bond acceptors (Lipinski definition) is 5. The average Bonchev–Trinajstić information content (AvgIpc) is 2.63. The van der Waals surface area contributed by atoms with Crippen LogP contribution in [-0.2, 0) is 18.9 Å². The smallest absolute Gasteiger partial charge is 0.237 e. The Morgan fingerprint density at radius 1 is 0.615 bits per heavy atom. The summed E-state index contributed by atoms with van der Waals surface area (Å²) < 4.78 is 25.3. The van der Waals surface area contributed by atoms with Gasteiger partial charge in [-0.25, -0.2) is 0 Å². The van der Waals surface area contributed by atoms with Gasteiger partial charge in [0, 0.05) is 45.3 Å². The van der Waals surface area contributed by atoms with Crippen LogP contribution in [0.3, 0.4) is 0 Å². The molecule has 0 saturated carbocycles. The van der Waals surface area contributed by atoms with E-state index in [4.69, 9.17) is 18.9 Å². The Morgan fingerprint density at radius 2 is 0.962 bits per heavy atom. The van der Waals surface area contributed by atoms with E-state index in [1.54, 1.807) is 0 Å². The standard InChI is InChI=1S/C19H43NO4P2/c1-8-15-20(18(21-9-2,22-10-3)16-25-13-6)19(23-11-4,24-12-5)17-26-14-7/h25-26H,8-17H2,1-7H3. The number of rotatable bonds is 18. The van der Waals surface area contributed by atoms with E-state index in [0.29, 0.717) is 26.4 Å². The molecule has 0 amide bonds. The molecule has 26 heavy (non-hydrogen) atoms. The van der Waals surface area contributed by atoms with Gasteiger partial charge in [0.15, 0.2) is 0 Å². The van der Waals surface area contributed by atoms with Gasteiger partial charge in [0.05, 0.1) is 0 Å². The van der Waals surface area contributed by atoms with E-state index in [0.717, 1.165) is 54.8 Å². The fourth-order valence-corrected chi connectivity index (χ4v) is 5.00. The minimum atomic E-state index is -0.795. The van der Waals surface area contributed by atoms with Gasteiger partial charge in [0.25, 0.3) is 0 Å². The lowest BCUT2D eigenvalue weighted by Gasteiger charge is -2.51. The fraction of sp³-hybridized carbons (Fsp3) is 1.00. The summed E-state index contributed by atoms with van der Waals surface area (Å²) in [5.74, 6) is -1.59. The highest BCUT2D eigenvalue weighted by atomic mass is 31.1. The minimum absolute atomic E-state index is 0.596. The maximum Gasteiger partial charge on any atom is 0.237 e. The van der Waals surface area contributed by atoms with E-state index in [2.05, 4.69) is 25.7 Å². The van der Waals surface area contributed by atoms with Crippen molar-refractivity contribution in [3.05, 3.63) is 0 Å². The van der Waals surface area contributed by atoms with Crippen LogP contribution in [0.15, 0.2) is 0 Å². The van der Waals surface area contributed by atoms with Gasteiger partial charge < -0.3 is 18.9 Å². The van der Waals surface area contributed by atoms with Crippen LogP contribution in [0.4, 0.5) is 0 Å². The van der Waals surface area contributed by atoms with Crippen molar-refractivity contribution >= 4 is 17.2 Å². The van der Waals surface area contributed by atoms with Crippen molar-refractivity contribution < 1.29 is 18.9 Å². The highest BCUT2D eigenvalue weighted by molar-refractivity contribution is 7.38. The van der Waals surface area contributed by atoms with E-state index in [-0.39, 0.29) is 0 Å². The third kappa shape index (κ3) is 7.95. The molecule has 0 spiro atoms. The van der Waals surface area contributed by atoms with Crippen LogP contribution in [0.1, 0.15) is 54.9 Å². The second-order valence-electron chi connectivity index (χ2n) is 5.87. The average molecular weight is 412 g/mol. The monoisotopic (exact) mass is 411 g/mol. The fourth-order valence-electron chi connectivity index (χ4n) is 3.08. The molecule has 0 aromatic rings. The SMILES string of the molecule is CCCN(C(CPCC)(OCC)OCC)C(CPCC)(OCC)OCC. The van der Waals surface area contributed by atoms with Crippen LogP contribution in [-0.4, -0.2) is 74.3 Å². The van der Waals surface area contributed by atoms with Crippen molar-refractivity contribution in [2.24, 2.45) is 0 Å². The highest BCUT2D eigenvalue weighted by Crippen LogP contribution is 2.38. The van der Waals surface area contributed by atoms with Gasteiger partial charge >= 0.3 is 0 Å². The summed E-state index contributed by atoms with van der Waals surface area (Å²) in [7, 11) is 1.54. The van der Waals surface area contributed by atoms with Gasteiger partial charge in [0.1, 0.15) is 0 Å². The zero-order chi connectivity index (χ0) is 19.9. The second-order valence-corrected chi connectivity index (χ2v) is 8.99. The van der Waals surface area contributed by atoms with Crippen LogP contribution >= 0.6 is 17.2 Å². The van der Waals surface area contributed by atoms with Crippen LogP contribution in [0.2, 0.25) is 0 Å². The zero-order valence-electron chi connectivity index (χ0n) is 18.2. The van der Waals surface area contributed by atoms with Gasteiger partial charge in [-0.2, -0.15) is 4.90 Å². The third-order valence-electron chi connectivity index (χ3n) is 3.95. The lowest BCUT2D eigenvalue weighted by atomic mass is 10.3. The lowest BCUT2D eigenvalue weighted by molar-refractivity contribution is -0.409. The van der Waals surface area contributed by atoms with Crippen LogP contribution in [0.5, 0.6) is 0 Å². The quantitative estimate of drug-likeness (QED) is 0.244. The predicted octanol–water partition coefficient (Wildman–Crippen LogP) is 4.55. The normalized spacial score (nSPS) is 13.8. The Balaban J connectivity index is 6.12. The van der Waals surface area contributed by atoms with Gasteiger partial charge in [0.2, 0.25) is 11.8 Å². The van der Waals surface area contributed by atoms with E-state index >= 15 is 0 Å². The molecular formula is C19H43NO4P2. The van der Waals surface area contributed by atoms with Crippen molar-refractivity contribution in [3.8, 4) is 0 Å². The Labute approximate surface area is 165 Å². The van der Waals surface area contributed by atoms with Gasteiger partial charge in [-0.15, -0.1) is 17.2 Å². The topological polar surface area (TPSA) is 40.2 Å². The minimum Gasteiger partial charge on any atom is -0.337 e. The Morgan fingerprint density at radius 3 is 1.19 bits per heavy atom. The van der Waals surface area contributed by atoms with Crippen molar-refractivity contribution in [2.75, 3.05) is 57.6 Å². The first kappa shape index (κ1) is 26.7.